The number of hydrogen-bond donors (Lipinski definition) is 0. The third-order valence-electron chi connectivity index (χ3n) is 3.51. The molecular formula is C15H21NO2S. The van der Waals surface area contributed by atoms with Gasteiger partial charge >= 0.3 is 0 Å². The number of ether oxygens (including phenoxy) is 1. The van der Waals surface area contributed by atoms with Crippen LogP contribution in [0.1, 0.15) is 30.6 Å². The first-order chi connectivity index (χ1) is 9.17. The standard InChI is InChI=1S/C15H21NO2S/c1-4-12-10-16(8-9-19-12)13-6-5-7-14(18-3)15(13)11(2)17/h5-7,12H,4,8-10H2,1-3H3. The van der Waals surface area contributed by atoms with Gasteiger partial charge in [-0.15, -0.1) is 0 Å². The zero-order valence-electron chi connectivity index (χ0n) is 11.8. The number of hydrogen-bond acceptors (Lipinski definition) is 4. The molecule has 2 rings (SSSR count). The maximum atomic E-state index is 11.9. The van der Waals surface area contributed by atoms with Crippen LogP contribution in [0.15, 0.2) is 18.2 Å². The highest BCUT2D eigenvalue weighted by Crippen LogP contribution is 2.33. The largest absolute Gasteiger partial charge is 0.496 e. The summed E-state index contributed by atoms with van der Waals surface area (Å²) in [6.07, 6.45) is 1.17. The highest BCUT2D eigenvalue weighted by molar-refractivity contribution is 8.00. The van der Waals surface area contributed by atoms with E-state index in [9.17, 15) is 4.79 Å². The number of carbonyl (C=O) groups excluding carboxylic acids is 1. The van der Waals surface area contributed by atoms with Gasteiger partial charge in [-0.1, -0.05) is 13.0 Å². The number of nitrogens with zero attached hydrogens (tertiary/aromatic N) is 1. The SMILES string of the molecule is CCC1CN(c2cccc(OC)c2C(C)=O)CCS1. The third-order valence-corrected chi connectivity index (χ3v) is 4.88. The van der Waals surface area contributed by atoms with Crippen molar-refractivity contribution >= 4 is 23.2 Å². The van der Waals surface area contributed by atoms with E-state index < -0.39 is 0 Å². The number of thioether (sulfide) groups is 1. The minimum atomic E-state index is 0.0683. The molecule has 104 valence electrons. The Labute approximate surface area is 119 Å². The normalized spacial score (nSPS) is 19.3. The van der Waals surface area contributed by atoms with Gasteiger partial charge in [-0.05, 0) is 25.5 Å². The Kier molecular flexibility index (Phi) is 4.75. The van der Waals surface area contributed by atoms with E-state index in [-0.39, 0.29) is 5.78 Å². The van der Waals surface area contributed by atoms with Gasteiger partial charge in [0.25, 0.3) is 0 Å². The molecule has 0 bridgehead atoms. The number of carbonyl (C=O) groups is 1. The van der Waals surface area contributed by atoms with Crippen LogP contribution in [0.3, 0.4) is 0 Å². The molecule has 1 unspecified atom stereocenters. The summed E-state index contributed by atoms with van der Waals surface area (Å²) in [4.78, 5) is 14.3. The summed E-state index contributed by atoms with van der Waals surface area (Å²) in [5.41, 5.74) is 1.73. The van der Waals surface area contributed by atoms with E-state index in [1.807, 2.05) is 30.0 Å². The van der Waals surface area contributed by atoms with Gasteiger partial charge in [0.1, 0.15) is 5.75 Å². The fourth-order valence-corrected chi connectivity index (χ4v) is 3.67. The molecule has 1 atom stereocenters. The van der Waals surface area contributed by atoms with Gasteiger partial charge in [0.05, 0.1) is 18.4 Å². The predicted octanol–water partition coefficient (Wildman–Crippen LogP) is 3.23. The van der Waals surface area contributed by atoms with Gasteiger partial charge in [0.2, 0.25) is 0 Å². The number of benzene rings is 1. The lowest BCUT2D eigenvalue weighted by molar-refractivity contribution is 0.101. The van der Waals surface area contributed by atoms with Crippen LogP contribution in [0, 0.1) is 0 Å². The van der Waals surface area contributed by atoms with Gasteiger partial charge in [0, 0.05) is 24.1 Å². The molecule has 1 heterocycles. The van der Waals surface area contributed by atoms with Gasteiger partial charge in [-0.3, -0.25) is 4.79 Å². The van der Waals surface area contributed by atoms with Crippen molar-refractivity contribution in [1.82, 2.24) is 0 Å². The van der Waals surface area contributed by atoms with Crippen LogP contribution in [0.5, 0.6) is 5.75 Å². The molecular weight excluding hydrogens is 258 g/mol. The van der Waals surface area contributed by atoms with E-state index in [0.717, 1.165) is 24.5 Å². The number of anilines is 1. The Morgan fingerprint density at radius 3 is 2.95 bits per heavy atom. The topological polar surface area (TPSA) is 29.5 Å². The van der Waals surface area contributed by atoms with Gasteiger partial charge in [-0.2, -0.15) is 11.8 Å². The van der Waals surface area contributed by atoms with Crippen LogP contribution in [-0.2, 0) is 0 Å². The summed E-state index contributed by atoms with van der Waals surface area (Å²) in [6.45, 7) is 5.83. The van der Waals surface area contributed by atoms with Crippen LogP contribution in [0.25, 0.3) is 0 Å². The van der Waals surface area contributed by atoms with Crippen molar-refractivity contribution in [2.45, 2.75) is 25.5 Å². The highest BCUT2D eigenvalue weighted by atomic mass is 32.2. The Hall–Kier alpha value is -1.16. The minimum Gasteiger partial charge on any atom is -0.496 e. The molecule has 0 spiro atoms. The van der Waals surface area contributed by atoms with Gasteiger partial charge in [-0.25, -0.2) is 0 Å². The molecule has 0 radical (unpaired) electrons. The van der Waals surface area contributed by atoms with Crippen molar-refractivity contribution in [3.05, 3.63) is 23.8 Å². The van der Waals surface area contributed by atoms with Gasteiger partial charge in [0.15, 0.2) is 5.78 Å². The van der Waals surface area contributed by atoms with Gasteiger partial charge < -0.3 is 9.64 Å². The van der Waals surface area contributed by atoms with Crippen LogP contribution in [-0.4, -0.2) is 37.0 Å². The Morgan fingerprint density at radius 2 is 2.32 bits per heavy atom. The molecule has 3 nitrogen and oxygen atoms in total. The average molecular weight is 279 g/mol. The van der Waals surface area contributed by atoms with Crippen LogP contribution in [0.2, 0.25) is 0 Å². The first-order valence-corrected chi connectivity index (χ1v) is 7.76. The lowest BCUT2D eigenvalue weighted by Gasteiger charge is -2.34. The van der Waals surface area contributed by atoms with E-state index in [1.54, 1.807) is 14.0 Å². The second-order valence-electron chi connectivity index (χ2n) is 4.76. The molecule has 1 saturated heterocycles. The number of Topliss-reactive ketones (excluding diaryl/α,β-unsaturated/α-hetero) is 1. The van der Waals surface area contributed by atoms with Crippen molar-refractivity contribution in [2.24, 2.45) is 0 Å². The van der Waals surface area contributed by atoms with E-state index in [4.69, 9.17) is 4.74 Å². The monoisotopic (exact) mass is 279 g/mol. The van der Waals surface area contributed by atoms with Crippen LogP contribution >= 0.6 is 11.8 Å². The number of rotatable bonds is 4. The van der Waals surface area contributed by atoms with Crippen molar-refractivity contribution in [2.75, 3.05) is 30.9 Å². The zero-order chi connectivity index (χ0) is 13.8. The maximum Gasteiger partial charge on any atom is 0.165 e. The molecule has 0 N–H and O–H groups in total. The molecule has 1 aromatic rings. The smallest absolute Gasteiger partial charge is 0.165 e. The van der Waals surface area contributed by atoms with E-state index in [2.05, 4.69) is 11.8 Å². The molecule has 0 saturated carbocycles. The fraction of sp³-hybridized carbons (Fsp3) is 0.533. The van der Waals surface area contributed by atoms with Crippen LogP contribution in [0.4, 0.5) is 5.69 Å². The van der Waals surface area contributed by atoms with Crippen molar-refractivity contribution in [3.8, 4) is 5.75 Å². The molecule has 0 aromatic heterocycles. The van der Waals surface area contributed by atoms with E-state index in [0.29, 0.717) is 16.6 Å². The first kappa shape index (κ1) is 14.3. The molecule has 1 aliphatic heterocycles. The Morgan fingerprint density at radius 1 is 1.53 bits per heavy atom. The van der Waals surface area contributed by atoms with Crippen LogP contribution < -0.4 is 9.64 Å². The summed E-state index contributed by atoms with van der Waals surface area (Å²) < 4.78 is 5.34. The summed E-state index contributed by atoms with van der Waals surface area (Å²) in [6, 6.07) is 5.85. The first-order valence-electron chi connectivity index (χ1n) is 6.71. The average Bonchev–Trinajstić information content (AvgIpc) is 2.46. The fourth-order valence-electron chi connectivity index (χ4n) is 2.49. The molecule has 1 fully saturated rings. The lowest BCUT2D eigenvalue weighted by atomic mass is 10.1. The number of methoxy groups -OCH3 is 1. The molecule has 0 aliphatic carbocycles. The van der Waals surface area contributed by atoms with Crippen molar-refractivity contribution in [3.63, 3.8) is 0 Å². The minimum absolute atomic E-state index is 0.0683. The third kappa shape index (κ3) is 3.06. The molecule has 4 heteroatoms. The highest BCUT2D eigenvalue weighted by Gasteiger charge is 2.23. The van der Waals surface area contributed by atoms with E-state index >= 15 is 0 Å². The maximum absolute atomic E-state index is 11.9. The Balaban J connectivity index is 2.35. The second-order valence-corrected chi connectivity index (χ2v) is 6.17. The lowest BCUT2D eigenvalue weighted by Crippen LogP contribution is -2.38. The summed E-state index contributed by atoms with van der Waals surface area (Å²) >= 11 is 2.03. The molecule has 1 aromatic carbocycles. The predicted molar refractivity (Wildman–Crippen MR) is 81.7 cm³/mol. The number of ketones is 1. The molecule has 19 heavy (non-hydrogen) atoms. The Bertz CT molecular complexity index is 461. The van der Waals surface area contributed by atoms with E-state index in [1.165, 1.54) is 6.42 Å². The second kappa shape index (κ2) is 6.33. The van der Waals surface area contributed by atoms with Crippen molar-refractivity contribution in [1.29, 1.82) is 0 Å². The summed E-state index contributed by atoms with van der Waals surface area (Å²) in [7, 11) is 1.62. The summed E-state index contributed by atoms with van der Waals surface area (Å²) in [5, 5.41) is 0.653. The quantitative estimate of drug-likeness (QED) is 0.791. The molecule has 0 amide bonds. The summed E-state index contributed by atoms with van der Waals surface area (Å²) in [5.74, 6) is 1.86. The zero-order valence-corrected chi connectivity index (χ0v) is 12.6. The molecule has 1 aliphatic rings. The van der Waals surface area contributed by atoms with Crippen molar-refractivity contribution < 1.29 is 9.53 Å².